The van der Waals surface area contributed by atoms with E-state index in [1.807, 2.05) is 42.0 Å². The van der Waals surface area contributed by atoms with Crippen molar-refractivity contribution < 1.29 is 42.9 Å². The molecular weight excluding hydrogens is 606 g/mol. The maximum absolute atomic E-state index is 12.4. The lowest BCUT2D eigenvalue weighted by atomic mass is 9.97. The Hall–Kier alpha value is -4.00. The smallest absolute Gasteiger partial charge is 0.303 e. The molecule has 1 aromatic carbocycles. The third-order valence-corrected chi connectivity index (χ3v) is 9.33. The Morgan fingerprint density at radius 3 is 2.18 bits per heavy atom. The van der Waals surface area contributed by atoms with E-state index in [1.54, 1.807) is 22.7 Å². The summed E-state index contributed by atoms with van der Waals surface area (Å²) in [5, 5.41) is 3.06. The van der Waals surface area contributed by atoms with E-state index in [9.17, 15) is 19.2 Å². The number of thiophene rings is 2. The summed E-state index contributed by atoms with van der Waals surface area (Å²) in [4.78, 5) is 52.2. The summed E-state index contributed by atoms with van der Waals surface area (Å²) in [6.45, 7) is 6.62. The van der Waals surface area contributed by atoms with Crippen molar-refractivity contribution in [2.75, 3.05) is 6.61 Å². The molecule has 0 N–H and O–H groups in total. The number of fused-ring (bicyclic) bond motifs is 1. The Labute approximate surface area is 262 Å². The Morgan fingerprint density at radius 2 is 1.52 bits per heavy atom. The molecule has 0 aliphatic carbocycles. The lowest BCUT2D eigenvalue weighted by molar-refractivity contribution is -0.267. The summed E-state index contributed by atoms with van der Waals surface area (Å²) in [6.07, 6.45) is -3.17. The first-order valence-corrected chi connectivity index (χ1v) is 15.7. The summed E-state index contributed by atoms with van der Waals surface area (Å²) < 4.78 is 30.5. The minimum Gasteiger partial charge on any atom is -0.463 e. The molecule has 5 atom stereocenters. The number of nitrogens with zero attached hydrogens (tertiary/aromatic N) is 1. The van der Waals surface area contributed by atoms with Crippen molar-refractivity contribution in [1.82, 2.24) is 4.57 Å². The molecule has 44 heavy (non-hydrogen) atoms. The molecule has 0 amide bonds. The molecule has 4 heterocycles. The van der Waals surface area contributed by atoms with Gasteiger partial charge in [-0.15, -0.1) is 22.7 Å². The molecule has 1 fully saturated rings. The monoisotopic (exact) mass is 639 g/mol. The predicted molar refractivity (Wildman–Crippen MR) is 164 cm³/mol. The van der Waals surface area contributed by atoms with Gasteiger partial charge in [0, 0.05) is 60.3 Å². The zero-order valence-corrected chi connectivity index (χ0v) is 26.6. The molecule has 1 saturated heterocycles. The maximum Gasteiger partial charge on any atom is 0.303 e. The van der Waals surface area contributed by atoms with Crippen molar-refractivity contribution in [2.24, 2.45) is 0 Å². The van der Waals surface area contributed by atoms with Crippen LogP contribution in [0.3, 0.4) is 0 Å². The first-order valence-electron chi connectivity index (χ1n) is 14.0. The first kappa shape index (κ1) is 31.4. The number of aromatic nitrogens is 1. The van der Waals surface area contributed by atoms with Crippen molar-refractivity contribution in [2.45, 2.75) is 71.7 Å². The molecule has 0 unspecified atom stereocenters. The van der Waals surface area contributed by atoms with Gasteiger partial charge in [-0.25, -0.2) is 0 Å². The van der Waals surface area contributed by atoms with Crippen LogP contribution in [0.1, 0.15) is 49.9 Å². The Bertz CT molecular complexity index is 1670. The van der Waals surface area contributed by atoms with Crippen LogP contribution in [0.4, 0.5) is 0 Å². The molecule has 4 aromatic rings. The average Bonchev–Trinajstić information content (AvgIpc) is 3.70. The lowest BCUT2D eigenvalue weighted by Gasteiger charge is -2.44. The number of carbonyl (C=O) groups excluding carboxylic acids is 4. The summed E-state index contributed by atoms with van der Waals surface area (Å²) in [5.41, 5.74) is 2.86. The Balaban J connectivity index is 1.61. The molecule has 0 saturated carbocycles. The van der Waals surface area contributed by atoms with Gasteiger partial charge in [0.1, 0.15) is 12.7 Å². The highest BCUT2D eigenvalue weighted by molar-refractivity contribution is 7.21. The highest BCUT2D eigenvalue weighted by Crippen LogP contribution is 2.40. The molecule has 5 rings (SSSR count). The molecule has 0 bridgehead atoms. The van der Waals surface area contributed by atoms with Crippen molar-refractivity contribution in [3.05, 3.63) is 70.0 Å². The number of esters is 4. The van der Waals surface area contributed by atoms with E-state index in [0.717, 1.165) is 26.9 Å². The van der Waals surface area contributed by atoms with Gasteiger partial charge < -0.3 is 28.3 Å². The number of hydrogen-bond acceptors (Lipinski definition) is 11. The van der Waals surface area contributed by atoms with Gasteiger partial charge in [-0.05, 0) is 47.7 Å². The SMILES string of the molecule is CC(=O)OC[C@H]1O[C@@H](n2cc(Cc3ccc(-c4cccs4)s3)c3c(C)cccc32)[C@H](OC(C)=O)[C@@H](OC(C)=O)[C@@H]1OC(C)=O. The molecule has 232 valence electrons. The van der Waals surface area contributed by atoms with E-state index in [4.69, 9.17) is 23.7 Å². The fraction of sp³-hybridized carbons (Fsp3) is 0.375. The fourth-order valence-corrected chi connectivity index (χ4v) is 7.44. The molecule has 0 spiro atoms. The Morgan fingerprint density at radius 1 is 0.818 bits per heavy atom. The van der Waals surface area contributed by atoms with Crippen LogP contribution in [-0.4, -0.2) is 59.5 Å². The summed E-state index contributed by atoms with van der Waals surface area (Å²) >= 11 is 3.41. The van der Waals surface area contributed by atoms with E-state index in [-0.39, 0.29) is 6.61 Å². The van der Waals surface area contributed by atoms with E-state index < -0.39 is 54.5 Å². The van der Waals surface area contributed by atoms with Gasteiger partial charge in [0.2, 0.25) is 0 Å². The summed E-state index contributed by atoms with van der Waals surface area (Å²) in [6, 6.07) is 14.3. The molecule has 0 radical (unpaired) electrons. The molecule has 3 aromatic heterocycles. The van der Waals surface area contributed by atoms with Crippen LogP contribution in [0.5, 0.6) is 0 Å². The third-order valence-electron chi connectivity index (χ3n) is 7.18. The topological polar surface area (TPSA) is 119 Å². The normalized spacial score (nSPS) is 21.5. The van der Waals surface area contributed by atoms with Gasteiger partial charge in [0.05, 0.1) is 5.52 Å². The van der Waals surface area contributed by atoms with Crippen LogP contribution in [0, 0.1) is 6.92 Å². The highest BCUT2D eigenvalue weighted by atomic mass is 32.1. The molecule has 10 nitrogen and oxygen atoms in total. The fourth-order valence-electron chi connectivity index (χ4n) is 5.57. The van der Waals surface area contributed by atoms with E-state index >= 15 is 0 Å². The molecule has 12 heteroatoms. The maximum atomic E-state index is 12.4. The van der Waals surface area contributed by atoms with Crippen LogP contribution < -0.4 is 0 Å². The largest absolute Gasteiger partial charge is 0.463 e. The van der Waals surface area contributed by atoms with Crippen LogP contribution in [0.2, 0.25) is 0 Å². The summed E-state index contributed by atoms with van der Waals surface area (Å²) in [7, 11) is 0. The zero-order chi connectivity index (χ0) is 31.5. The van der Waals surface area contributed by atoms with Crippen LogP contribution in [0.25, 0.3) is 20.7 Å². The van der Waals surface area contributed by atoms with Crippen molar-refractivity contribution in [3.8, 4) is 9.75 Å². The number of benzene rings is 1. The lowest BCUT2D eigenvalue weighted by Crippen LogP contribution is -2.60. The number of ether oxygens (including phenoxy) is 5. The van der Waals surface area contributed by atoms with Crippen molar-refractivity contribution >= 4 is 57.5 Å². The standard InChI is InChI=1S/C32H33NO9S2/c1-17-8-6-9-24-28(17)22(14-23-11-12-27(44-23)26-10-7-13-43-26)15-33(24)32-31(41-21(5)37)30(40-20(4)36)29(39-19(3)35)25(42-32)16-38-18(2)34/h6-13,15,25,29-32H,14,16H2,1-5H3/t25-,29-,30+,31-,32-/m1/s1. The van der Waals surface area contributed by atoms with Gasteiger partial charge in [-0.1, -0.05) is 18.2 Å². The van der Waals surface area contributed by atoms with Gasteiger partial charge in [0.15, 0.2) is 24.5 Å². The zero-order valence-electron chi connectivity index (χ0n) is 24.9. The number of carbonyl (C=O) groups is 4. The van der Waals surface area contributed by atoms with Crippen molar-refractivity contribution in [1.29, 1.82) is 0 Å². The second-order valence-corrected chi connectivity index (χ2v) is 12.7. The number of rotatable bonds is 9. The van der Waals surface area contributed by atoms with Crippen LogP contribution in [0.15, 0.2) is 54.0 Å². The van der Waals surface area contributed by atoms with Gasteiger partial charge in [0.25, 0.3) is 0 Å². The molecule has 1 aliphatic heterocycles. The second-order valence-electron chi connectivity index (χ2n) is 10.5. The van der Waals surface area contributed by atoms with E-state index in [2.05, 4.69) is 23.6 Å². The van der Waals surface area contributed by atoms with E-state index in [1.165, 1.54) is 37.4 Å². The van der Waals surface area contributed by atoms with Crippen LogP contribution >= 0.6 is 22.7 Å². The highest BCUT2D eigenvalue weighted by Gasteiger charge is 2.53. The third kappa shape index (κ3) is 6.87. The predicted octanol–water partition coefficient (Wildman–Crippen LogP) is 5.59. The van der Waals surface area contributed by atoms with E-state index in [0.29, 0.717) is 6.42 Å². The Kier molecular flexibility index (Phi) is 9.52. The minimum atomic E-state index is -1.25. The quantitative estimate of drug-likeness (QED) is 0.171. The summed E-state index contributed by atoms with van der Waals surface area (Å²) in [5.74, 6) is -2.57. The van der Waals surface area contributed by atoms with Gasteiger partial charge in [-0.2, -0.15) is 0 Å². The van der Waals surface area contributed by atoms with Gasteiger partial charge >= 0.3 is 23.9 Å². The minimum absolute atomic E-state index is 0.292. The average molecular weight is 640 g/mol. The molecule has 1 aliphatic rings. The number of hydrogen-bond donors (Lipinski definition) is 0. The first-order chi connectivity index (χ1) is 21.0. The molecular formula is C32H33NO9S2. The van der Waals surface area contributed by atoms with Crippen molar-refractivity contribution in [3.63, 3.8) is 0 Å². The number of aryl methyl sites for hydroxylation is 1. The van der Waals surface area contributed by atoms with Crippen LogP contribution in [-0.2, 0) is 49.3 Å². The second kappa shape index (κ2) is 13.3. The van der Waals surface area contributed by atoms with Gasteiger partial charge in [-0.3, -0.25) is 19.2 Å².